The molecule has 0 unspecified atom stereocenters. The molecule has 1 aromatic rings. The number of para-hydroxylation sites is 1. The molecule has 2 aliphatic rings. The standard InChI is InChI=1S/C16H20O2/c1-10-7-11(2)14-8-12(10)9-18-16(14)13-5-3-4-6-15(13)17/h3-7,10,12,14,16-17H,8-9H2,1-2H3/t10-,12+,14+,16+/m0/s1. The number of aromatic hydroxyl groups is 1. The number of rotatable bonds is 1. The first-order valence-corrected chi connectivity index (χ1v) is 6.74. The Labute approximate surface area is 108 Å². The molecule has 0 radical (unpaired) electrons. The first kappa shape index (κ1) is 11.8. The van der Waals surface area contributed by atoms with Gasteiger partial charge in [-0.25, -0.2) is 0 Å². The summed E-state index contributed by atoms with van der Waals surface area (Å²) in [5.74, 6) is 2.04. The number of hydrogen-bond donors (Lipinski definition) is 1. The third kappa shape index (κ3) is 1.85. The van der Waals surface area contributed by atoms with Crippen molar-refractivity contribution in [2.24, 2.45) is 17.8 Å². The number of benzene rings is 1. The smallest absolute Gasteiger partial charge is 0.121 e. The predicted molar refractivity (Wildman–Crippen MR) is 71.3 cm³/mol. The number of allylic oxidation sites excluding steroid dienone is 1. The van der Waals surface area contributed by atoms with Gasteiger partial charge in [0.1, 0.15) is 5.75 Å². The molecule has 0 aromatic heterocycles. The SMILES string of the molecule is CC1=C[C@H](C)[C@H]2CO[C@H](c3ccccc3O)[C@@H]1C2. The van der Waals surface area contributed by atoms with Crippen molar-refractivity contribution in [1.82, 2.24) is 0 Å². The molecule has 18 heavy (non-hydrogen) atoms. The first-order chi connectivity index (χ1) is 8.66. The Morgan fingerprint density at radius 1 is 1.28 bits per heavy atom. The lowest BCUT2D eigenvalue weighted by atomic mass is 9.71. The molecule has 0 saturated carbocycles. The summed E-state index contributed by atoms with van der Waals surface area (Å²) < 4.78 is 6.05. The van der Waals surface area contributed by atoms with Crippen LogP contribution in [0.25, 0.3) is 0 Å². The van der Waals surface area contributed by atoms with Crippen LogP contribution in [-0.4, -0.2) is 11.7 Å². The molecule has 1 saturated heterocycles. The van der Waals surface area contributed by atoms with Gasteiger partial charge in [0, 0.05) is 11.5 Å². The van der Waals surface area contributed by atoms with E-state index in [1.165, 1.54) is 12.0 Å². The van der Waals surface area contributed by atoms with E-state index in [0.29, 0.717) is 23.5 Å². The Morgan fingerprint density at radius 2 is 2.06 bits per heavy atom. The Bertz CT molecular complexity index is 478. The lowest BCUT2D eigenvalue weighted by Gasteiger charge is -2.42. The Hall–Kier alpha value is -1.28. The van der Waals surface area contributed by atoms with Gasteiger partial charge in [0.15, 0.2) is 0 Å². The third-order valence-electron chi connectivity index (χ3n) is 4.51. The Morgan fingerprint density at radius 3 is 2.83 bits per heavy atom. The predicted octanol–water partition coefficient (Wildman–Crippen LogP) is 3.68. The molecular weight excluding hydrogens is 224 g/mol. The van der Waals surface area contributed by atoms with Crippen LogP contribution < -0.4 is 0 Å². The molecule has 96 valence electrons. The zero-order chi connectivity index (χ0) is 12.7. The van der Waals surface area contributed by atoms with E-state index in [4.69, 9.17) is 4.74 Å². The highest BCUT2D eigenvalue weighted by Crippen LogP contribution is 2.47. The van der Waals surface area contributed by atoms with Crippen molar-refractivity contribution in [2.45, 2.75) is 26.4 Å². The molecule has 1 aliphatic heterocycles. The molecule has 0 spiro atoms. The summed E-state index contributed by atoms with van der Waals surface area (Å²) in [4.78, 5) is 0. The summed E-state index contributed by atoms with van der Waals surface area (Å²) >= 11 is 0. The molecule has 1 fully saturated rings. The van der Waals surface area contributed by atoms with Gasteiger partial charge in [-0.3, -0.25) is 0 Å². The van der Waals surface area contributed by atoms with Gasteiger partial charge in [-0.05, 0) is 31.2 Å². The molecular formula is C16H20O2. The summed E-state index contributed by atoms with van der Waals surface area (Å²) in [7, 11) is 0. The van der Waals surface area contributed by atoms with E-state index in [9.17, 15) is 5.11 Å². The second-order valence-corrected chi connectivity index (χ2v) is 5.68. The monoisotopic (exact) mass is 244 g/mol. The van der Waals surface area contributed by atoms with Gasteiger partial charge in [-0.2, -0.15) is 0 Å². The first-order valence-electron chi connectivity index (χ1n) is 6.74. The van der Waals surface area contributed by atoms with Crippen molar-refractivity contribution >= 4 is 0 Å². The minimum Gasteiger partial charge on any atom is -0.508 e. The summed E-state index contributed by atoms with van der Waals surface area (Å²) in [5, 5.41) is 10.00. The summed E-state index contributed by atoms with van der Waals surface area (Å²) in [6.07, 6.45) is 3.59. The third-order valence-corrected chi connectivity index (χ3v) is 4.51. The second-order valence-electron chi connectivity index (χ2n) is 5.68. The van der Waals surface area contributed by atoms with Crippen LogP contribution in [0.1, 0.15) is 31.9 Å². The van der Waals surface area contributed by atoms with Crippen LogP contribution in [0.15, 0.2) is 35.9 Å². The summed E-state index contributed by atoms with van der Waals surface area (Å²) in [5.41, 5.74) is 2.34. The number of fused-ring (bicyclic) bond motifs is 2. The number of hydrogen-bond acceptors (Lipinski definition) is 2. The fraction of sp³-hybridized carbons (Fsp3) is 0.500. The molecule has 2 bridgehead atoms. The lowest BCUT2D eigenvalue weighted by molar-refractivity contribution is -0.0627. The van der Waals surface area contributed by atoms with Crippen LogP contribution in [0, 0.1) is 17.8 Å². The van der Waals surface area contributed by atoms with Gasteiger partial charge in [-0.15, -0.1) is 0 Å². The quantitative estimate of drug-likeness (QED) is 0.764. The molecule has 1 aliphatic carbocycles. The van der Waals surface area contributed by atoms with Crippen LogP contribution in [0.4, 0.5) is 0 Å². The second kappa shape index (κ2) is 4.43. The molecule has 1 aromatic carbocycles. The Kier molecular flexibility index (Phi) is 2.90. The van der Waals surface area contributed by atoms with E-state index < -0.39 is 0 Å². The average Bonchev–Trinajstić information content (AvgIpc) is 2.37. The van der Waals surface area contributed by atoms with Crippen LogP contribution in [0.3, 0.4) is 0 Å². The van der Waals surface area contributed by atoms with Crippen LogP contribution in [-0.2, 0) is 4.74 Å². The van der Waals surface area contributed by atoms with Crippen molar-refractivity contribution < 1.29 is 9.84 Å². The zero-order valence-electron chi connectivity index (χ0n) is 11.0. The molecule has 1 heterocycles. The topological polar surface area (TPSA) is 29.5 Å². The fourth-order valence-corrected chi connectivity index (χ4v) is 3.36. The number of phenols is 1. The maximum absolute atomic E-state index is 10.00. The van der Waals surface area contributed by atoms with E-state index in [0.717, 1.165) is 12.2 Å². The Balaban J connectivity index is 1.96. The van der Waals surface area contributed by atoms with Crippen LogP contribution in [0.5, 0.6) is 5.75 Å². The van der Waals surface area contributed by atoms with Gasteiger partial charge in [0.25, 0.3) is 0 Å². The van der Waals surface area contributed by atoms with Crippen molar-refractivity contribution in [3.8, 4) is 5.75 Å². The molecule has 0 amide bonds. The number of phenolic OH excluding ortho intramolecular Hbond substituents is 1. The van der Waals surface area contributed by atoms with E-state index in [1.807, 2.05) is 18.2 Å². The minimum absolute atomic E-state index is 0.0196. The van der Waals surface area contributed by atoms with Gasteiger partial charge < -0.3 is 9.84 Å². The van der Waals surface area contributed by atoms with E-state index in [2.05, 4.69) is 19.9 Å². The lowest BCUT2D eigenvalue weighted by Crippen LogP contribution is -2.35. The molecule has 2 heteroatoms. The van der Waals surface area contributed by atoms with E-state index >= 15 is 0 Å². The largest absolute Gasteiger partial charge is 0.508 e. The highest BCUT2D eigenvalue weighted by molar-refractivity contribution is 5.36. The van der Waals surface area contributed by atoms with Gasteiger partial charge >= 0.3 is 0 Å². The van der Waals surface area contributed by atoms with Crippen molar-refractivity contribution in [3.05, 3.63) is 41.5 Å². The highest BCUT2D eigenvalue weighted by atomic mass is 16.5. The van der Waals surface area contributed by atoms with E-state index in [-0.39, 0.29) is 6.10 Å². The highest BCUT2D eigenvalue weighted by Gasteiger charge is 2.38. The summed E-state index contributed by atoms with van der Waals surface area (Å²) in [6, 6.07) is 7.55. The van der Waals surface area contributed by atoms with Crippen molar-refractivity contribution in [1.29, 1.82) is 0 Å². The number of ether oxygens (including phenoxy) is 1. The molecule has 4 atom stereocenters. The maximum Gasteiger partial charge on any atom is 0.121 e. The van der Waals surface area contributed by atoms with Crippen LogP contribution in [0.2, 0.25) is 0 Å². The van der Waals surface area contributed by atoms with Gasteiger partial charge in [0.05, 0.1) is 12.7 Å². The molecule has 1 N–H and O–H groups in total. The van der Waals surface area contributed by atoms with E-state index in [1.54, 1.807) is 6.07 Å². The fourth-order valence-electron chi connectivity index (χ4n) is 3.36. The average molecular weight is 244 g/mol. The normalized spacial score (nSPS) is 35.1. The molecule has 2 nitrogen and oxygen atoms in total. The van der Waals surface area contributed by atoms with Crippen LogP contribution >= 0.6 is 0 Å². The summed E-state index contributed by atoms with van der Waals surface area (Å²) in [6.45, 7) is 5.27. The van der Waals surface area contributed by atoms with Crippen molar-refractivity contribution in [3.63, 3.8) is 0 Å². The zero-order valence-corrected chi connectivity index (χ0v) is 11.0. The molecule has 3 rings (SSSR count). The van der Waals surface area contributed by atoms with Crippen molar-refractivity contribution in [2.75, 3.05) is 6.61 Å². The maximum atomic E-state index is 10.00. The van der Waals surface area contributed by atoms with Gasteiger partial charge in [-0.1, -0.05) is 36.8 Å². The minimum atomic E-state index is 0.0196. The van der Waals surface area contributed by atoms with Gasteiger partial charge in [0.2, 0.25) is 0 Å².